The van der Waals surface area contributed by atoms with Crippen LogP contribution in [0.25, 0.3) is 0 Å². The zero-order chi connectivity index (χ0) is 27.9. The topological polar surface area (TPSA) is 78.9 Å². The predicted molar refractivity (Wildman–Crippen MR) is 155 cm³/mol. The van der Waals surface area contributed by atoms with Gasteiger partial charge in [0.15, 0.2) is 0 Å². The molecule has 1 aliphatic rings. The third-order valence-electron chi connectivity index (χ3n) is 7.00. The Bertz CT molecular complexity index is 1110. The predicted octanol–water partition coefficient (Wildman–Crippen LogP) is 6.24. The fourth-order valence-corrected chi connectivity index (χ4v) is 5.62. The first-order valence-corrected chi connectivity index (χ1v) is 14.6. The highest BCUT2D eigenvalue weighted by molar-refractivity contribution is 7.08. The van der Waals surface area contributed by atoms with E-state index in [0.717, 1.165) is 37.2 Å². The standard InChI is InChI=1S/C30H43N3O4S/c1-7-32(27(34)18-30(3,4)5)15-12-21(2)16-22-17-23(33-13-8-9-14-33)10-11-24(22)28(35)31-26-20-38-19-25(26)29(36)37-6/h10-11,17,19-21H,7-9,12-16,18H2,1-6H3,(H,31,35). The number of rotatable bonds is 11. The van der Waals surface area contributed by atoms with Crippen molar-refractivity contribution in [3.8, 4) is 0 Å². The van der Waals surface area contributed by atoms with Crippen LogP contribution in [-0.2, 0) is 16.0 Å². The molecule has 1 aromatic heterocycles. The number of anilines is 2. The average molecular weight is 542 g/mol. The van der Waals surface area contributed by atoms with Gasteiger partial charge in [0.2, 0.25) is 5.91 Å². The second kappa shape index (κ2) is 13.3. The van der Waals surface area contributed by atoms with Crippen LogP contribution in [0.15, 0.2) is 29.0 Å². The van der Waals surface area contributed by atoms with Crippen molar-refractivity contribution in [2.45, 2.75) is 66.7 Å². The van der Waals surface area contributed by atoms with Crippen LogP contribution in [0.2, 0.25) is 0 Å². The van der Waals surface area contributed by atoms with Crippen LogP contribution < -0.4 is 10.2 Å². The van der Waals surface area contributed by atoms with Crippen LogP contribution in [-0.4, -0.2) is 56.0 Å². The lowest BCUT2D eigenvalue weighted by atomic mass is 9.91. The summed E-state index contributed by atoms with van der Waals surface area (Å²) in [5.74, 6) is -0.236. The van der Waals surface area contributed by atoms with Gasteiger partial charge in [-0.15, -0.1) is 11.3 Å². The molecule has 1 N–H and O–H groups in total. The molecule has 0 bridgehead atoms. The summed E-state index contributed by atoms with van der Waals surface area (Å²) in [4.78, 5) is 42.6. The molecule has 2 heterocycles. The quantitative estimate of drug-likeness (QED) is 0.341. The Morgan fingerprint density at radius 2 is 1.84 bits per heavy atom. The second-order valence-electron chi connectivity index (χ2n) is 11.5. The van der Waals surface area contributed by atoms with Crippen molar-refractivity contribution >= 4 is 40.5 Å². The lowest BCUT2D eigenvalue weighted by Crippen LogP contribution is -2.35. The maximum atomic E-state index is 13.4. The Labute approximate surface area is 231 Å². The van der Waals surface area contributed by atoms with E-state index in [1.807, 2.05) is 24.0 Å². The molecule has 0 aliphatic carbocycles. The van der Waals surface area contributed by atoms with Gasteiger partial charge < -0.3 is 19.9 Å². The van der Waals surface area contributed by atoms with Crippen LogP contribution in [0, 0.1) is 11.3 Å². The van der Waals surface area contributed by atoms with E-state index in [-0.39, 0.29) is 23.1 Å². The Morgan fingerprint density at radius 1 is 1.13 bits per heavy atom. The summed E-state index contributed by atoms with van der Waals surface area (Å²) in [6.45, 7) is 13.9. The van der Waals surface area contributed by atoms with Gasteiger partial charge in [-0.2, -0.15) is 0 Å². The summed E-state index contributed by atoms with van der Waals surface area (Å²) in [6.07, 6.45) is 4.47. The van der Waals surface area contributed by atoms with Crippen molar-refractivity contribution in [3.05, 3.63) is 45.6 Å². The monoisotopic (exact) mass is 541 g/mol. The molecular formula is C30H43N3O4S. The van der Waals surface area contributed by atoms with E-state index in [2.05, 4.69) is 44.0 Å². The highest BCUT2D eigenvalue weighted by Gasteiger charge is 2.23. The average Bonchev–Trinajstić information content (AvgIpc) is 3.55. The zero-order valence-electron chi connectivity index (χ0n) is 23.8. The number of carbonyl (C=O) groups excluding carboxylic acids is 3. The SMILES string of the molecule is CCN(CCC(C)Cc1cc(N2CCCC2)ccc1C(=O)Nc1cscc1C(=O)OC)C(=O)CC(C)(C)C. The lowest BCUT2D eigenvalue weighted by Gasteiger charge is -2.27. The summed E-state index contributed by atoms with van der Waals surface area (Å²) in [6, 6.07) is 6.07. The molecule has 1 aromatic carbocycles. The third kappa shape index (κ3) is 8.06. The molecule has 1 saturated heterocycles. The van der Waals surface area contributed by atoms with Gasteiger partial charge in [-0.25, -0.2) is 4.79 Å². The Morgan fingerprint density at radius 3 is 2.47 bits per heavy atom. The number of hydrogen-bond acceptors (Lipinski definition) is 6. The summed E-state index contributed by atoms with van der Waals surface area (Å²) < 4.78 is 4.85. The first-order chi connectivity index (χ1) is 18.0. The molecule has 1 unspecified atom stereocenters. The molecule has 2 aromatic rings. The number of benzene rings is 1. The lowest BCUT2D eigenvalue weighted by molar-refractivity contribution is -0.133. The second-order valence-corrected chi connectivity index (χ2v) is 12.2. The van der Waals surface area contributed by atoms with E-state index in [1.54, 1.807) is 10.8 Å². The minimum Gasteiger partial charge on any atom is -0.465 e. The van der Waals surface area contributed by atoms with E-state index in [9.17, 15) is 14.4 Å². The molecule has 2 amide bonds. The molecule has 0 saturated carbocycles. The number of esters is 1. The third-order valence-corrected chi connectivity index (χ3v) is 7.74. The largest absolute Gasteiger partial charge is 0.465 e. The van der Waals surface area contributed by atoms with Gasteiger partial charge in [-0.3, -0.25) is 9.59 Å². The molecule has 7 nitrogen and oxygen atoms in total. The van der Waals surface area contributed by atoms with Gasteiger partial charge in [0.25, 0.3) is 5.91 Å². The zero-order valence-corrected chi connectivity index (χ0v) is 24.6. The highest BCUT2D eigenvalue weighted by Crippen LogP contribution is 2.28. The number of methoxy groups -OCH3 is 1. The molecule has 1 fully saturated rings. The highest BCUT2D eigenvalue weighted by atomic mass is 32.1. The molecule has 0 spiro atoms. The van der Waals surface area contributed by atoms with Gasteiger partial charge >= 0.3 is 5.97 Å². The number of nitrogens with one attached hydrogen (secondary N) is 1. The number of thiophene rings is 1. The summed E-state index contributed by atoms with van der Waals surface area (Å²) >= 11 is 1.34. The minimum absolute atomic E-state index is 0.0371. The van der Waals surface area contributed by atoms with E-state index in [0.29, 0.717) is 36.3 Å². The van der Waals surface area contributed by atoms with Crippen molar-refractivity contribution < 1.29 is 19.1 Å². The Hall–Kier alpha value is -2.87. The van der Waals surface area contributed by atoms with Gasteiger partial charge in [-0.1, -0.05) is 27.7 Å². The fraction of sp³-hybridized carbons (Fsp3) is 0.567. The van der Waals surface area contributed by atoms with E-state index in [4.69, 9.17) is 4.74 Å². The van der Waals surface area contributed by atoms with Crippen LogP contribution in [0.4, 0.5) is 11.4 Å². The van der Waals surface area contributed by atoms with Crippen molar-refractivity contribution in [3.63, 3.8) is 0 Å². The van der Waals surface area contributed by atoms with Gasteiger partial charge in [0, 0.05) is 54.6 Å². The molecular weight excluding hydrogens is 498 g/mol. The summed E-state index contributed by atoms with van der Waals surface area (Å²) in [7, 11) is 1.33. The molecule has 3 rings (SSSR count). The van der Waals surface area contributed by atoms with Crippen molar-refractivity contribution in [2.75, 3.05) is 43.5 Å². The van der Waals surface area contributed by atoms with E-state index >= 15 is 0 Å². The Kier molecular flexibility index (Phi) is 10.4. The minimum atomic E-state index is -0.471. The summed E-state index contributed by atoms with van der Waals surface area (Å²) in [5, 5.41) is 6.36. The van der Waals surface area contributed by atoms with Gasteiger partial charge in [-0.05, 0) is 67.7 Å². The maximum absolute atomic E-state index is 13.4. The normalized spacial score (nSPS) is 14.3. The maximum Gasteiger partial charge on any atom is 0.340 e. The molecule has 0 radical (unpaired) electrons. The van der Waals surface area contributed by atoms with Crippen molar-refractivity contribution in [1.82, 2.24) is 4.90 Å². The number of amides is 2. The van der Waals surface area contributed by atoms with Crippen LogP contribution >= 0.6 is 11.3 Å². The first-order valence-electron chi connectivity index (χ1n) is 13.6. The number of nitrogens with zero attached hydrogens (tertiary/aromatic N) is 2. The smallest absolute Gasteiger partial charge is 0.340 e. The van der Waals surface area contributed by atoms with Crippen LogP contribution in [0.3, 0.4) is 0 Å². The van der Waals surface area contributed by atoms with Gasteiger partial charge in [0.05, 0.1) is 18.4 Å². The number of ether oxygens (including phenoxy) is 1. The molecule has 38 heavy (non-hydrogen) atoms. The van der Waals surface area contributed by atoms with Crippen molar-refractivity contribution in [1.29, 1.82) is 0 Å². The van der Waals surface area contributed by atoms with Crippen LogP contribution in [0.1, 0.15) is 86.6 Å². The van der Waals surface area contributed by atoms with Crippen molar-refractivity contribution in [2.24, 2.45) is 11.3 Å². The summed E-state index contributed by atoms with van der Waals surface area (Å²) in [5.41, 5.74) is 3.52. The van der Waals surface area contributed by atoms with E-state index < -0.39 is 5.97 Å². The Balaban J connectivity index is 1.77. The molecule has 8 heteroatoms. The molecule has 1 aliphatic heterocycles. The molecule has 208 valence electrons. The fourth-order valence-electron chi connectivity index (χ4n) is 4.87. The van der Waals surface area contributed by atoms with Crippen LogP contribution in [0.5, 0.6) is 0 Å². The van der Waals surface area contributed by atoms with E-state index in [1.165, 1.54) is 31.3 Å². The van der Waals surface area contributed by atoms with Gasteiger partial charge in [0.1, 0.15) is 0 Å². The molecule has 1 atom stereocenters. The first kappa shape index (κ1) is 29.7. The number of carbonyl (C=O) groups is 3. The number of hydrogen-bond donors (Lipinski definition) is 1.